The molecule has 2 heterocycles. The molecule has 0 aromatic heterocycles. The maximum atomic E-state index is 12.7. The van der Waals surface area contributed by atoms with E-state index in [1.54, 1.807) is 29.2 Å². The lowest BCUT2D eigenvalue weighted by atomic mass is 10.1. The lowest BCUT2D eigenvalue weighted by Gasteiger charge is -2.38. The van der Waals surface area contributed by atoms with Gasteiger partial charge in [0.2, 0.25) is 11.8 Å². The van der Waals surface area contributed by atoms with E-state index in [0.717, 1.165) is 37.5 Å². The largest absolute Gasteiger partial charge is 0.341 e. The first-order chi connectivity index (χ1) is 17.0. The molecule has 192 valence electrons. The molecule has 0 bridgehead atoms. The zero-order valence-electron chi connectivity index (χ0n) is 20.6. The second-order valence-electron chi connectivity index (χ2n) is 9.99. The molecule has 1 aromatic rings. The first-order valence-electron chi connectivity index (χ1n) is 13.2. The van der Waals surface area contributed by atoms with Gasteiger partial charge in [0.05, 0.1) is 10.0 Å². The minimum Gasteiger partial charge on any atom is -0.341 e. The van der Waals surface area contributed by atoms with E-state index in [9.17, 15) is 9.59 Å². The number of amides is 2. The van der Waals surface area contributed by atoms with E-state index in [0.29, 0.717) is 36.1 Å². The van der Waals surface area contributed by atoms with E-state index in [4.69, 9.17) is 23.2 Å². The standard InChI is InChI=1S/C27H38Cl2N4O2/c28-24-9-7-22(21-25(24)29)8-10-26(34)33-14-11-27(35)32(19-20-33)13-4-3-12-30-15-17-31(18-16-30)23-5-1-2-6-23/h7-10,21,23H,1-6,11-20H2. The highest BCUT2D eigenvalue weighted by Gasteiger charge is 2.26. The third-order valence-corrected chi connectivity index (χ3v) is 8.40. The van der Waals surface area contributed by atoms with Crippen LogP contribution in [0.5, 0.6) is 0 Å². The van der Waals surface area contributed by atoms with E-state index in [2.05, 4.69) is 9.80 Å². The lowest BCUT2D eigenvalue weighted by molar-refractivity contribution is -0.130. The van der Waals surface area contributed by atoms with Crippen molar-refractivity contribution < 1.29 is 9.59 Å². The number of carbonyl (C=O) groups excluding carboxylic acids is 2. The molecule has 0 unspecified atom stereocenters. The van der Waals surface area contributed by atoms with Crippen molar-refractivity contribution >= 4 is 41.1 Å². The average Bonchev–Trinajstić information content (AvgIpc) is 3.34. The van der Waals surface area contributed by atoms with Crippen molar-refractivity contribution in [3.8, 4) is 0 Å². The molecule has 2 aliphatic heterocycles. The minimum atomic E-state index is -0.0810. The quantitative estimate of drug-likeness (QED) is 0.376. The van der Waals surface area contributed by atoms with Gasteiger partial charge in [-0.3, -0.25) is 14.5 Å². The molecule has 3 fully saturated rings. The summed E-state index contributed by atoms with van der Waals surface area (Å²) in [6.07, 6.45) is 11.4. The van der Waals surface area contributed by atoms with Gasteiger partial charge in [-0.2, -0.15) is 0 Å². The molecule has 0 atom stereocenters. The number of halogens is 2. The summed E-state index contributed by atoms with van der Waals surface area (Å²) in [5.41, 5.74) is 0.820. The smallest absolute Gasteiger partial charge is 0.246 e. The molecule has 6 nitrogen and oxygen atoms in total. The van der Waals surface area contributed by atoms with Crippen molar-refractivity contribution in [3.05, 3.63) is 39.9 Å². The summed E-state index contributed by atoms with van der Waals surface area (Å²) >= 11 is 12.0. The second kappa shape index (κ2) is 13.1. The average molecular weight is 522 g/mol. The van der Waals surface area contributed by atoms with Gasteiger partial charge >= 0.3 is 0 Å². The molecule has 2 amide bonds. The Labute approximate surface area is 219 Å². The summed E-state index contributed by atoms with van der Waals surface area (Å²) in [6, 6.07) is 6.11. The van der Waals surface area contributed by atoms with Gasteiger partial charge in [-0.05, 0) is 56.0 Å². The molecule has 3 aliphatic rings. The van der Waals surface area contributed by atoms with E-state index >= 15 is 0 Å². The van der Waals surface area contributed by atoms with Crippen molar-refractivity contribution in [2.24, 2.45) is 0 Å². The van der Waals surface area contributed by atoms with Crippen LogP contribution in [0.1, 0.15) is 50.5 Å². The molecule has 0 N–H and O–H groups in total. The normalized spacial score (nSPS) is 21.3. The Morgan fingerprint density at radius 1 is 0.914 bits per heavy atom. The van der Waals surface area contributed by atoms with Crippen LogP contribution in [0.25, 0.3) is 6.08 Å². The number of rotatable bonds is 8. The number of benzene rings is 1. The number of piperazine rings is 1. The van der Waals surface area contributed by atoms with Crippen molar-refractivity contribution in [1.82, 2.24) is 19.6 Å². The van der Waals surface area contributed by atoms with Gasteiger partial charge in [-0.15, -0.1) is 0 Å². The van der Waals surface area contributed by atoms with Gasteiger partial charge in [0.25, 0.3) is 0 Å². The Bertz CT molecular complexity index is 895. The van der Waals surface area contributed by atoms with Crippen LogP contribution in [0.3, 0.4) is 0 Å². The number of hydrogen-bond acceptors (Lipinski definition) is 4. The second-order valence-corrected chi connectivity index (χ2v) is 10.8. The monoisotopic (exact) mass is 520 g/mol. The van der Waals surface area contributed by atoms with Gasteiger partial charge in [-0.1, -0.05) is 42.1 Å². The predicted octanol–water partition coefficient (Wildman–Crippen LogP) is 4.41. The van der Waals surface area contributed by atoms with Gasteiger partial charge in [-0.25, -0.2) is 0 Å². The highest BCUT2D eigenvalue weighted by atomic mass is 35.5. The van der Waals surface area contributed by atoms with Gasteiger partial charge in [0.15, 0.2) is 0 Å². The molecule has 4 rings (SSSR count). The Hall–Kier alpha value is -1.60. The zero-order chi connectivity index (χ0) is 24.6. The molecule has 1 saturated carbocycles. The molecule has 1 aliphatic carbocycles. The van der Waals surface area contributed by atoms with Crippen LogP contribution in [-0.4, -0.2) is 96.4 Å². The predicted molar refractivity (Wildman–Crippen MR) is 143 cm³/mol. The highest BCUT2D eigenvalue weighted by molar-refractivity contribution is 6.42. The molecule has 2 saturated heterocycles. The molecule has 1 aromatic carbocycles. The van der Waals surface area contributed by atoms with Crippen LogP contribution >= 0.6 is 23.2 Å². The fourth-order valence-electron chi connectivity index (χ4n) is 5.47. The van der Waals surface area contributed by atoms with E-state index in [-0.39, 0.29) is 11.8 Å². The fourth-order valence-corrected chi connectivity index (χ4v) is 5.78. The van der Waals surface area contributed by atoms with Crippen LogP contribution in [0.4, 0.5) is 0 Å². The summed E-state index contributed by atoms with van der Waals surface area (Å²) in [4.78, 5) is 34.3. The number of hydrogen-bond donors (Lipinski definition) is 0. The topological polar surface area (TPSA) is 47.1 Å². The van der Waals surface area contributed by atoms with E-state index in [1.165, 1.54) is 51.9 Å². The van der Waals surface area contributed by atoms with Gasteiger partial charge in [0.1, 0.15) is 0 Å². The van der Waals surface area contributed by atoms with Gasteiger partial charge < -0.3 is 14.7 Å². The Balaban J connectivity index is 1.14. The first-order valence-corrected chi connectivity index (χ1v) is 13.9. The molecule has 35 heavy (non-hydrogen) atoms. The minimum absolute atomic E-state index is 0.0810. The summed E-state index contributed by atoms with van der Waals surface area (Å²) in [7, 11) is 0. The summed E-state index contributed by atoms with van der Waals surface area (Å²) in [5, 5.41) is 0.951. The lowest BCUT2D eigenvalue weighted by Crippen LogP contribution is -2.49. The van der Waals surface area contributed by atoms with Crippen molar-refractivity contribution in [2.45, 2.75) is 51.0 Å². The highest BCUT2D eigenvalue weighted by Crippen LogP contribution is 2.25. The van der Waals surface area contributed by atoms with Crippen LogP contribution in [-0.2, 0) is 9.59 Å². The molecular formula is C27H38Cl2N4O2. The molecule has 0 radical (unpaired) electrons. The summed E-state index contributed by atoms with van der Waals surface area (Å²) in [6.45, 7) is 8.29. The molecular weight excluding hydrogens is 483 g/mol. The zero-order valence-corrected chi connectivity index (χ0v) is 22.2. The van der Waals surface area contributed by atoms with Gasteiger partial charge in [0, 0.05) is 70.9 Å². The van der Waals surface area contributed by atoms with Crippen LogP contribution in [0.2, 0.25) is 10.0 Å². The Morgan fingerprint density at radius 2 is 1.66 bits per heavy atom. The first kappa shape index (κ1) is 26.5. The van der Waals surface area contributed by atoms with Crippen LogP contribution in [0.15, 0.2) is 24.3 Å². The number of carbonyl (C=O) groups is 2. The van der Waals surface area contributed by atoms with Crippen molar-refractivity contribution in [1.29, 1.82) is 0 Å². The van der Waals surface area contributed by atoms with E-state index < -0.39 is 0 Å². The van der Waals surface area contributed by atoms with Crippen LogP contribution < -0.4 is 0 Å². The fraction of sp³-hybridized carbons (Fsp3) is 0.630. The Kier molecular flexibility index (Phi) is 9.90. The third kappa shape index (κ3) is 7.69. The number of unbranched alkanes of at least 4 members (excludes halogenated alkanes) is 1. The number of nitrogens with zero attached hydrogens (tertiary/aromatic N) is 4. The SMILES string of the molecule is O=C(C=Cc1ccc(Cl)c(Cl)c1)N1CCC(=O)N(CCCCN2CCN(C3CCCC3)CC2)CC1. The molecule has 0 spiro atoms. The summed E-state index contributed by atoms with van der Waals surface area (Å²) < 4.78 is 0. The van der Waals surface area contributed by atoms with E-state index in [1.807, 2.05) is 11.0 Å². The molecule has 8 heteroatoms. The van der Waals surface area contributed by atoms with Crippen molar-refractivity contribution in [3.63, 3.8) is 0 Å². The third-order valence-electron chi connectivity index (χ3n) is 7.66. The maximum Gasteiger partial charge on any atom is 0.246 e. The van der Waals surface area contributed by atoms with Crippen molar-refractivity contribution in [2.75, 3.05) is 58.9 Å². The summed E-state index contributed by atoms with van der Waals surface area (Å²) in [5.74, 6) is 0.0707. The maximum absolute atomic E-state index is 12.7. The van der Waals surface area contributed by atoms with Crippen LogP contribution in [0, 0.1) is 0 Å². The Morgan fingerprint density at radius 3 is 2.40 bits per heavy atom.